The first-order valence-electron chi connectivity index (χ1n) is 6.54. The summed E-state index contributed by atoms with van der Waals surface area (Å²) in [4.78, 5) is 7.84. The van der Waals surface area contributed by atoms with Crippen molar-refractivity contribution in [3.63, 3.8) is 0 Å². The van der Waals surface area contributed by atoms with Gasteiger partial charge < -0.3 is 9.72 Å². The summed E-state index contributed by atoms with van der Waals surface area (Å²) >= 11 is 5.98. The van der Waals surface area contributed by atoms with E-state index in [1.165, 1.54) is 0 Å². The maximum absolute atomic E-state index is 5.98. The minimum atomic E-state index is 0.175. The molecular formula is C16H15ClN2O. The van der Waals surface area contributed by atoms with Gasteiger partial charge in [-0.2, -0.15) is 0 Å². The van der Waals surface area contributed by atoms with Crippen LogP contribution in [0.4, 0.5) is 0 Å². The van der Waals surface area contributed by atoms with E-state index in [0.29, 0.717) is 5.02 Å². The van der Waals surface area contributed by atoms with E-state index in [4.69, 9.17) is 16.3 Å². The van der Waals surface area contributed by atoms with Crippen molar-refractivity contribution in [3.8, 4) is 17.1 Å². The second-order valence-electron chi connectivity index (χ2n) is 4.94. The van der Waals surface area contributed by atoms with Crippen LogP contribution in [0.1, 0.15) is 13.8 Å². The molecule has 1 aromatic heterocycles. The van der Waals surface area contributed by atoms with Crippen molar-refractivity contribution in [3.05, 3.63) is 47.5 Å². The third kappa shape index (κ3) is 2.63. The molecule has 0 fully saturated rings. The van der Waals surface area contributed by atoms with Crippen molar-refractivity contribution < 1.29 is 4.74 Å². The van der Waals surface area contributed by atoms with Crippen LogP contribution in [0, 0.1) is 0 Å². The van der Waals surface area contributed by atoms with Crippen molar-refractivity contribution in [1.29, 1.82) is 0 Å². The van der Waals surface area contributed by atoms with E-state index in [2.05, 4.69) is 9.97 Å². The molecule has 0 spiro atoms. The van der Waals surface area contributed by atoms with Crippen LogP contribution in [-0.2, 0) is 0 Å². The lowest BCUT2D eigenvalue weighted by Gasteiger charge is -2.09. The number of aromatic amines is 1. The van der Waals surface area contributed by atoms with Crippen LogP contribution < -0.4 is 4.74 Å². The molecule has 20 heavy (non-hydrogen) atoms. The van der Waals surface area contributed by atoms with Gasteiger partial charge in [0, 0.05) is 10.6 Å². The Bertz CT molecular complexity index is 732. The number of benzene rings is 2. The summed E-state index contributed by atoms with van der Waals surface area (Å²) in [5.74, 6) is 1.70. The second-order valence-corrected chi connectivity index (χ2v) is 5.37. The van der Waals surface area contributed by atoms with Gasteiger partial charge in [0.05, 0.1) is 17.1 Å². The molecule has 0 saturated carbocycles. The standard InChI is InChI=1S/C16H15ClN2O/c1-10(2)20-13-6-3-11(4-7-13)16-18-14-8-5-12(17)9-15(14)19-16/h3-10H,1-2H3,(H,18,19). The van der Waals surface area contributed by atoms with Crippen molar-refractivity contribution in [2.24, 2.45) is 0 Å². The Hall–Kier alpha value is -2.00. The lowest BCUT2D eigenvalue weighted by atomic mass is 10.2. The number of hydrogen-bond acceptors (Lipinski definition) is 2. The molecule has 4 heteroatoms. The van der Waals surface area contributed by atoms with Crippen LogP contribution >= 0.6 is 11.6 Å². The lowest BCUT2D eigenvalue weighted by molar-refractivity contribution is 0.242. The van der Waals surface area contributed by atoms with Crippen LogP contribution in [0.2, 0.25) is 5.02 Å². The third-order valence-electron chi connectivity index (χ3n) is 2.94. The molecule has 3 nitrogen and oxygen atoms in total. The zero-order valence-electron chi connectivity index (χ0n) is 11.4. The fourth-order valence-electron chi connectivity index (χ4n) is 2.08. The monoisotopic (exact) mass is 286 g/mol. The summed E-state index contributed by atoms with van der Waals surface area (Å²) in [6.45, 7) is 4.02. The summed E-state index contributed by atoms with van der Waals surface area (Å²) < 4.78 is 5.63. The van der Waals surface area contributed by atoms with E-state index in [1.54, 1.807) is 0 Å². The molecule has 0 unspecified atom stereocenters. The summed E-state index contributed by atoms with van der Waals surface area (Å²) in [6.07, 6.45) is 0.175. The van der Waals surface area contributed by atoms with Gasteiger partial charge in [-0.3, -0.25) is 0 Å². The Labute approximate surface area is 122 Å². The maximum Gasteiger partial charge on any atom is 0.138 e. The van der Waals surface area contributed by atoms with Crippen LogP contribution in [0.25, 0.3) is 22.4 Å². The molecule has 0 amide bonds. The minimum absolute atomic E-state index is 0.175. The van der Waals surface area contributed by atoms with Crippen molar-refractivity contribution in [1.82, 2.24) is 9.97 Å². The molecular weight excluding hydrogens is 272 g/mol. The van der Waals surface area contributed by atoms with Crippen LogP contribution in [-0.4, -0.2) is 16.1 Å². The van der Waals surface area contributed by atoms with Crippen LogP contribution in [0.15, 0.2) is 42.5 Å². The Kier molecular flexibility index (Phi) is 3.36. The van der Waals surface area contributed by atoms with E-state index >= 15 is 0 Å². The number of nitrogens with one attached hydrogen (secondary N) is 1. The first-order valence-corrected chi connectivity index (χ1v) is 6.92. The average Bonchev–Trinajstić information content (AvgIpc) is 2.81. The SMILES string of the molecule is CC(C)Oc1ccc(-c2nc3ccc(Cl)cc3[nH]2)cc1. The summed E-state index contributed by atoms with van der Waals surface area (Å²) in [6, 6.07) is 13.5. The van der Waals surface area contributed by atoms with Gasteiger partial charge >= 0.3 is 0 Å². The van der Waals surface area contributed by atoms with Gasteiger partial charge in [0.1, 0.15) is 11.6 Å². The van der Waals surface area contributed by atoms with Gasteiger partial charge in [-0.1, -0.05) is 11.6 Å². The Balaban J connectivity index is 1.94. The molecule has 0 aliphatic carbocycles. The van der Waals surface area contributed by atoms with E-state index < -0.39 is 0 Å². The molecule has 3 rings (SSSR count). The van der Waals surface area contributed by atoms with Gasteiger partial charge in [0.2, 0.25) is 0 Å². The Morgan fingerprint density at radius 2 is 1.85 bits per heavy atom. The van der Waals surface area contributed by atoms with Crippen molar-refractivity contribution in [2.75, 3.05) is 0 Å². The van der Waals surface area contributed by atoms with Gasteiger partial charge in [-0.25, -0.2) is 4.98 Å². The fourth-order valence-corrected chi connectivity index (χ4v) is 2.25. The first-order chi connectivity index (χ1) is 9.61. The predicted octanol–water partition coefficient (Wildman–Crippen LogP) is 4.67. The van der Waals surface area contributed by atoms with E-state index in [9.17, 15) is 0 Å². The minimum Gasteiger partial charge on any atom is -0.491 e. The number of hydrogen-bond donors (Lipinski definition) is 1. The fraction of sp³-hybridized carbons (Fsp3) is 0.188. The zero-order valence-corrected chi connectivity index (χ0v) is 12.1. The Morgan fingerprint density at radius 3 is 2.55 bits per heavy atom. The highest BCUT2D eigenvalue weighted by molar-refractivity contribution is 6.31. The highest BCUT2D eigenvalue weighted by atomic mass is 35.5. The normalized spacial score (nSPS) is 11.2. The lowest BCUT2D eigenvalue weighted by Crippen LogP contribution is -2.05. The molecule has 0 aliphatic rings. The number of aromatic nitrogens is 2. The number of fused-ring (bicyclic) bond motifs is 1. The number of H-pyrrole nitrogens is 1. The largest absolute Gasteiger partial charge is 0.491 e. The molecule has 0 aliphatic heterocycles. The smallest absolute Gasteiger partial charge is 0.138 e. The highest BCUT2D eigenvalue weighted by Gasteiger charge is 2.06. The summed E-state index contributed by atoms with van der Waals surface area (Å²) in [5, 5.41) is 0.702. The molecule has 2 aromatic carbocycles. The van der Waals surface area contributed by atoms with Crippen LogP contribution in [0.5, 0.6) is 5.75 Å². The average molecular weight is 287 g/mol. The number of ether oxygens (including phenoxy) is 1. The summed E-state index contributed by atoms with van der Waals surface area (Å²) in [7, 11) is 0. The molecule has 3 aromatic rings. The topological polar surface area (TPSA) is 37.9 Å². The van der Waals surface area contributed by atoms with Crippen molar-refractivity contribution >= 4 is 22.6 Å². The summed E-state index contributed by atoms with van der Waals surface area (Å²) in [5.41, 5.74) is 2.87. The number of imidazole rings is 1. The molecule has 1 heterocycles. The van der Waals surface area contributed by atoms with E-state index in [-0.39, 0.29) is 6.10 Å². The Morgan fingerprint density at radius 1 is 1.10 bits per heavy atom. The van der Waals surface area contributed by atoms with Crippen molar-refractivity contribution in [2.45, 2.75) is 20.0 Å². The maximum atomic E-state index is 5.98. The van der Waals surface area contributed by atoms with Gasteiger partial charge in [0.25, 0.3) is 0 Å². The molecule has 0 radical (unpaired) electrons. The van der Waals surface area contributed by atoms with Gasteiger partial charge in [0.15, 0.2) is 0 Å². The second kappa shape index (κ2) is 5.17. The number of rotatable bonds is 3. The zero-order chi connectivity index (χ0) is 14.1. The van der Waals surface area contributed by atoms with E-state index in [0.717, 1.165) is 28.2 Å². The van der Waals surface area contributed by atoms with E-state index in [1.807, 2.05) is 56.3 Å². The van der Waals surface area contributed by atoms with Gasteiger partial charge in [-0.05, 0) is 56.3 Å². The van der Waals surface area contributed by atoms with Crippen LogP contribution in [0.3, 0.4) is 0 Å². The molecule has 0 atom stereocenters. The highest BCUT2D eigenvalue weighted by Crippen LogP contribution is 2.24. The quantitative estimate of drug-likeness (QED) is 0.760. The number of halogens is 1. The first kappa shape index (κ1) is 13.0. The number of nitrogens with zero attached hydrogens (tertiary/aromatic N) is 1. The van der Waals surface area contributed by atoms with Gasteiger partial charge in [-0.15, -0.1) is 0 Å². The molecule has 0 bridgehead atoms. The third-order valence-corrected chi connectivity index (χ3v) is 3.18. The molecule has 1 N–H and O–H groups in total. The predicted molar refractivity (Wildman–Crippen MR) is 82.3 cm³/mol. The molecule has 0 saturated heterocycles. The molecule has 102 valence electrons.